The Morgan fingerprint density at radius 2 is 2.21 bits per heavy atom. The van der Waals surface area contributed by atoms with Crippen LogP contribution < -0.4 is 4.74 Å². The summed E-state index contributed by atoms with van der Waals surface area (Å²) in [7, 11) is 1.65. The van der Waals surface area contributed by atoms with Gasteiger partial charge in [0.1, 0.15) is 5.75 Å². The third-order valence-corrected chi connectivity index (χ3v) is 2.78. The predicted octanol–water partition coefficient (Wildman–Crippen LogP) is 3.09. The Morgan fingerprint density at radius 3 is 2.71 bits per heavy atom. The van der Waals surface area contributed by atoms with Crippen molar-refractivity contribution >= 4 is 15.9 Å². The van der Waals surface area contributed by atoms with E-state index in [9.17, 15) is 0 Å². The van der Waals surface area contributed by atoms with Gasteiger partial charge in [-0.2, -0.15) is 5.26 Å². The highest BCUT2D eigenvalue weighted by atomic mass is 79.9. The van der Waals surface area contributed by atoms with Gasteiger partial charge in [0.2, 0.25) is 0 Å². The van der Waals surface area contributed by atoms with Crippen LogP contribution in [0.4, 0.5) is 0 Å². The lowest BCUT2D eigenvalue weighted by atomic mass is 10.1. The molecule has 1 aromatic carbocycles. The lowest BCUT2D eigenvalue weighted by Gasteiger charge is -2.10. The van der Waals surface area contributed by atoms with Gasteiger partial charge in [0.15, 0.2) is 0 Å². The topological polar surface area (TPSA) is 33.0 Å². The molecule has 1 rings (SSSR count). The molecule has 0 amide bonds. The molecule has 0 heterocycles. The van der Waals surface area contributed by atoms with Crippen molar-refractivity contribution in [2.24, 2.45) is 0 Å². The zero-order valence-electron chi connectivity index (χ0n) is 8.30. The Bertz CT molecular complexity index is 368. The number of halogens is 1. The summed E-state index contributed by atoms with van der Waals surface area (Å²) in [5, 5.41) is 8.59. The Hall–Kier alpha value is -1.01. The van der Waals surface area contributed by atoms with Crippen LogP contribution in [0.1, 0.15) is 18.1 Å². The maximum Gasteiger partial charge on any atom is 0.123 e. The minimum atomic E-state index is 0.416. The molecule has 0 saturated carbocycles. The predicted molar refractivity (Wildman–Crippen MR) is 59.4 cm³/mol. The minimum Gasteiger partial charge on any atom is -0.496 e. The summed E-state index contributed by atoms with van der Waals surface area (Å²) >= 11 is 3.48. The molecule has 0 fully saturated rings. The van der Waals surface area contributed by atoms with Gasteiger partial charge in [-0.25, -0.2) is 0 Å². The molecule has 0 aromatic heterocycles. The number of nitriles is 1. The number of hydrogen-bond acceptors (Lipinski definition) is 2. The quantitative estimate of drug-likeness (QED) is 0.830. The third kappa shape index (κ3) is 2.27. The second-order valence-corrected chi connectivity index (χ2v) is 3.80. The van der Waals surface area contributed by atoms with Crippen molar-refractivity contribution in [1.29, 1.82) is 5.26 Å². The average molecular weight is 254 g/mol. The van der Waals surface area contributed by atoms with E-state index in [-0.39, 0.29) is 0 Å². The molecule has 0 unspecified atom stereocenters. The number of ether oxygens (including phenoxy) is 1. The summed E-state index contributed by atoms with van der Waals surface area (Å²) in [5.41, 5.74) is 2.13. The zero-order chi connectivity index (χ0) is 10.6. The second-order valence-electron chi connectivity index (χ2n) is 2.95. The lowest BCUT2D eigenvalue weighted by Crippen LogP contribution is -1.94. The molecule has 0 N–H and O–H groups in total. The molecule has 0 aliphatic rings. The Balaban J connectivity index is 3.18. The molecule has 3 heteroatoms. The lowest BCUT2D eigenvalue weighted by molar-refractivity contribution is 0.409. The van der Waals surface area contributed by atoms with Crippen LogP contribution in [0.15, 0.2) is 16.6 Å². The van der Waals surface area contributed by atoms with Crippen molar-refractivity contribution in [3.63, 3.8) is 0 Å². The van der Waals surface area contributed by atoms with Crippen molar-refractivity contribution < 1.29 is 4.74 Å². The van der Waals surface area contributed by atoms with Crippen LogP contribution in [-0.4, -0.2) is 7.11 Å². The van der Waals surface area contributed by atoms with Gasteiger partial charge in [0.25, 0.3) is 0 Å². The smallest absolute Gasteiger partial charge is 0.123 e. The van der Waals surface area contributed by atoms with Gasteiger partial charge in [-0.15, -0.1) is 0 Å². The molecule has 0 spiro atoms. The van der Waals surface area contributed by atoms with Crippen LogP contribution in [0.25, 0.3) is 0 Å². The second kappa shape index (κ2) is 5.02. The first-order valence-corrected chi connectivity index (χ1v) is 5.24. The third-order valence-electron chi connectivity index (χ3n) is 2.07. The monoisotopic (exact) mass is 253 g/mol. The number of rotatable bonds is 3. The summed E-state index contributed by atoms with van der Waals surface area (Å²) in [6, 6.07) is 6.02. The molecule has 0 aliphatic heterocycles. The highest BCUT2D eigenvalue weighted by molar-refractivity contribution is 9.10. The summed E-state index contributed by atoms with van der Waals surface area (Å²) in [5.74, 6) is 0.854. The van der Waals surface area contributed by atoms with Gasteiger partial charge in [-0.3, -0.25) is 0 Å². The number of benzene rings is 1. The maximum absolute atomic E-state index is 8.59. The van der Waals surface area contributed by atoms with Crippen molar-refractivity contribution in [1.82, 2.24) is 0 Å². The molecule has 74 valence electrons. The summed E-state index contributed by atoms with van der Waals surface area (Å²) in [4.78, 5) is 0. The fourth-order valence-electron chi connectivity index (χ4n) is 1.38. The van der Waals surface area contributed by atoms with Gasteiger partial charge in [-0.1, -0.05) is 22.9 Å². The fourth-order valence-corrected chi connectivity index (χ4v) is 2.15. The van der Waals surface area contributed by atoms with E-state index in [1.54, 1.807) is 7.11 Å². The molecular formula is C11H12BrNO. The standard InChI is InChI=1S/C11H12BrNO/c1-3-9-10(12)6-8(4-5-13)7-11(9)14-2/h6-7H,3-4H2,1-2H3. The minimum absolute atomic E-state index is 0.416. The zero-order valence-corrected chi connectivity index (χ0v) is 9.89. The first-order valence-electron chi connectivity index (χ1n) is 4.45. The molecule has 0 saturated heterocycles. The summed E-state index contributed by atoms with van der Waals surface area (Å²) in [6.07, 6.45) is 1.33. The van der Waals surface area contributed by atoms with E-state index in [0.29, 0.717) is 6.42 Å². The van der Waals surface area contributed by atoms with E-state index < -0.39 is 0 Å². The normalized spacial score (nSPS) is 9.57. The van der Waals surface area contributed by atoms with E-state index in [4.69, 9.17) is 10.00 Å². The average Bonchev–Trinajstić information content (AvgIpc) is 2.17. The van der Waals surface area contributed by atoms with Gasteiger partial charge < -0.3 is 4.74 Å². The first-order chi connectivity index (χ1) is 6.72. The Morgan fingerprint density at radius 1 is 1.50 bits per heavy atom. The molecule has 0 atom stereocenters. The molecule has 0 bridgehead atoms. The van der Waals surface area contributed by atoms with Crippen molar-refractivity contribution in [3.8, 4) is 11.8 Å². The first kappa shape index (κ1) is 11.1. The van der Waals surface area contributed by atoms with Crippen LogP contribution in [-0.2, 0) is 12.8 Å². The van der Waals surface area contributed by atoms with Crippen molar-refractivity contribution in [2.45, 2.75) is 19.8 Å². The molecular weight excluding hydrogens is 242 g/mol. The Kier molecular flexibility index (Phi) is 3.97. The summed E-state index contributed by atoms with van der Waals surface area (Å²) in [6.45, 7) is 2.08. The Labute approximate surface area is 92.6 Å². The van der Waals surface area contributed by atoms with E-state index in [1.165, 1.54) is 0 Å². The fraction of sp³-hybridized carbons (Fsp3) is 0.364. The number of methoxy groups -OCH3 is 1. The summed E-state index contributed by atoms with van der Waals surface area (Å²) < 4.78 is 6.28. The number of nitrogens with zero attached hydrogens (tertiary/aromatic N) is 1. The van der Waals surface area contributed by atoms with E-state index in [1.807, 2.05) is 12.1 Å². The van der Waals surface area contributed by atoms with Crippen LogP contribution in [0, 0.1) is 11.3 Å². The van der Waals surface area contributed by atoms with E-state index in [2.05, 4.69) is 28.9 Å². The van der Waals surface area contributed by atoms with E-state index in [0.717, 1.165) is 27.8 Å². The van der Waals surface area contributed by atoms with Crippen molar-refractivity contribution in [2.75, 3.05) is 7.11 Å². The van der Waals surface area contributed by atoms with Crippen molar-refractivity contribution in [3.05, 3.63) is 27.7 Å². The number of hydrogen-bond donors (Lipinski definition) is 0. The molecule has 14 heavy (non-hydrogen) atoms. The SMILES string of the molecule is CCc1c(Br)cc(CC#N)cc1OC. The largest absolute Gasteiger partial charge is 0.496 e. The molecule has 0 radical (unpaired) electrons. The highest BCUT2D eigenvalue weighted by Gasteiger charge is 2.07. The van der Waals surface area contributed by atoms with Gasteiger partial charge in [-0.05, 0) is 24.1 Å². The van der Waals surface area contributed by atoms with Crippen LogP contribution >= 0.6 is 15.9 Å². The van der Waals surface area contributed by atoms with Gasteiger partial charge >= 0.3 is 0 Å². The maximum atomic E-state index is 8.59. The van der Waals surface area contributed by atoms with Gasteiger partial charge in [0.05, 0.1) is 19.6 Å². The van der Waals surface area contributed by atoms with Gasteiger partial charge in [0, 0.05) is 10.0 Å². The highest BCUT2D eigenvalue weighted by Crippen LogP contribution is 2.29. The van der Waals surface area contributed by atoms with E-state index >= 15 is 0 Å². The van der Waals surface area contributed by atoms with Crippen LogP contribution in [0.3, 0.4) is 0 Å². The molecule has 2 nitrogen and oxygen atoms in total. The molecule has 0 aliphatic carbocycles. The molecule has 1 aromatic rings. The van der Waals surface area contributed by atoms with Crippen LogP contribution in [0.5, 0.6) is 5.75 Å². The van der Waals surface area contributed by atoms with Crippen LogP contribution in [0.2, 0.25) is 0 Å².